The van der Waals surface area contributed by atoms with Gasteiger partial charge in [0.25, 0.3) is 5.56 Å². The van der Waals surface area contributed by atoms with Crippen LogP contribution in [0.25, 0.3) is 28.7 Å². The molecule has 0 saturated heterocycles. The van der Waals surface area contributed by atoms with Gasteiger partial charge < -0.3 is 5.11 Å². The maximum atomic E-state index is 13.1. The Morgan fingerprint density at radius 1 is 0.923 bits per heavy atom. The van der Waals surface area contributed by atoms with Crippen molar-refractivity contribution in [2.75, 3.05) is 0 Å². The molecule has 5 nitrogen and oxygen atoms in total. The van der Waals surface area contributed by atoms with E-state index in [4.69, 9.17) is 0 Å². The molecule has 0 atom stereocenters. The van der Waals surface area contributed by atoms with E-state index < -0.39 is 0 Å². The number of benzene rings is 2. The first kappa shape index (κ1) is 15.8. The predicted octanol–water partition coefficient (Wildman–Crippen LogP) is 3.66. The fourth-order valence-corrected chi connectivity index (χ4v) is 2.76. The lowest BCUT2D eigenvalue weighted by Gasteiger charge is -2.11. The Morgan fingerprint density at radius 2 is 1.73 bits per heavy atom. The van der Waals surface area contributed by atoms with Gasteiger partial charge in [-0.25, -0.2) is 4.98 Å². The van der Waals surface area contributed by atoms with E-state index in [-0.39, 0.29) is 11.3 Å². The lowest BCUT2D eigenvalue weighted by atomic mass is 10.2. The Morgan fingerprint density at radius 3 is 2.50 bits per heavy atom. The molecule has 0 bridgehead atoms. The predicted molar refractivity (Wildman–Crippen MR) is 102 cm³/mol. The van der Waals surface area contributed by atoms with E-state index >= 15 is 0 Å². The monoisotopic (exact) mass is 341 g/mol. The zero-order valence-corrected chi connectivity index (χ0v) is 13.8. The van der Waals surface area contributed by atoms with Crippen molar-refractivity contribution >= 4 is 23.1 Å². The zero-order chi connectivity index (χ0) is 17.9. The third-order valence-electron chi connectivity index (χ3n) is 4.02. The molecule has 0 unspecified atom stereocenters. The maximum Gasteiger partial charge on any atom is 0.266 e. The molecule has 0 aliphatic rings. The summed E-state index contributed by atoms with van der Waals surface area (Å²) < 4.78 is 1.54. The summed E-state index contributed by atoms with van der Waals surface area (Å²) in [5.41, 5.74) is 2.02. The second kappa shape index (κ2) is 6.64. The first-order valence-corrected chi connectivity index (χ1v) is 8.12. The SMILES string of the molecule is O=c1c2ccccc2nc(C=Cc2cccnc2)n1-c1ccc(O)cc1. The highest BCUT2D eigenvalue weighted by Gasteiger charge is 2.10. The maximum absolute atomic E-state index is 13.1. The van der Waals surface area contributed by atoms with Crippen LogP contribution in [0.4, 0.5) is 0 Å². The Hall–Kier alpha value is -3.73. The molecule has 4 aromatic rings. The van der Waals surface area contributed by atoms with E-state index in [2.05, 4.69) is 9.97 Å². The fourth-order valence-electron chi connectivity index (χ4n) is 2.76. The van der Waals surface area contributed by atoms with Crippen molar-refractivity contribution in [3.63, 3.8) is 0 Å². The van der Waals surface area contributed by atoms with Crippen LogP contribution in [0.3, 0.4) is 0 Å². The molecule has 0 fully saturated rings. The van der Waals surface area contributed by atoms with Crippen molar-refractivity contribution in [3.8, 4) is 11.4 Å². The number of nitrogens with zero attached hydrogens (tertiary/aromatic N) is 3. The highest BCUT2D eigenvalue weighted by Crippen LogP contribution is 2.17. The average Bonchev–Trinajstić information content (AvgIpc) is 2.68. The van der Waals surface area contributed by atoms with Crippen LogP contribution in [-0.4, -0.2) is 19.6 Å². The molecule has 0 spiro atoms. The summed E-state index contributed by atoms with van der Waals surface area (Å²) in [6.07, 6.45) is 7.09. The van der Waals surface area contributed by atoms with Crippen LogP contribution in [-0.2, 0) is 0 Å². The molecule has 0 amide bonds. The number of rotatable bonds is 3. The molecule has 26 heavy (non-hydrogen) atoms. The summed E-state index contributed by atoms with van der Waals surface area (Å²) in [5, 5.41) is 10.1. The number of aromatic hydroxyl groups is 1. The number of aromatic nitrogens is 3. The van der Waals surface area contributed by atoms with Crippen molar-refractivity contribution in [1.29, 1.82) is 0 Å². The topological polar surface area (TPSA) is 68.0 Å². The van der Waals surface area contributed by atoms with E-state index in [0.717, 1.165) is 5.56 Å². The highest BCUT2D eigenvalue weighted by atomic mass is 16.3. The molecule has 2 aromatic carbocycles. The first-order valence-electron chi connectivity index (χ1n) is 8.12. The van der Waals surface area contributed by atoms with Crippen molar-refractivity contribution < 1.29 is 5.11 Å². The van der Waals surface area contributed by atoms with Crippen LogP contribution in [0.5, 0.6) is 5.75 Å². The molecular weight excluding hydrogens is 326 g/mol. The van der Waals surface area contributed by atoms with Crippen molar-refractivity contribution in [3.05, 3.63) is 94.8 Å². The Labute approximate surface area is 149 Å². The van der Waals surface area contributed by atoms with E-state index in [1.54, 1.807) is 48.8 Å². The van der Waals surface area contributed by atoms with Crippen molar-refractivity contribution in [2.24, 2.45) is 0 Å². The Balaban J connectivity index is 1.95. The summed E-state index contributed by atoms with van der Waals surface area (Å²) in [5.74, 6) is 0.645. The molecule has 2 aromatic heterocycles. The number of phenolic OH excluding ortho intramolecular Hbond substituents is 1. The van der Waals surface area contributed by atoms with Gasteiger partial charge in [0.05, 0.1) is 16.6 Å². The number of phenols is 1. The van der Waals surface area contributed by atoms with Crippen LogP contribution < -0.4 is 5.56 Å². The highest BCUT2D eigenvalue weighted by molar-refractivity contribution is 5.80. The van der Waals surface area contributed by atoms with Crippen molar-refractivity contribution in [2.45, 2.75) is 0 Å². The molecule has 0 aliphatic carbocycles. The van der Waals surface area contributed by atoms with Crippen LogP contribution >= 0.6 is 0 Å². The number of para-hydroxylation sites is 1. The van der Waals surface area contributed by atoms with Crippen LogP contribution in [0.1, 0.15) is 11.4 Å². The van der Waals surface area contributed by atoms with Gasteiger partial charge >= 0.3 is 0 Å². The van der Waals surface area contributed by atoms with Gasteiger partial charge in [-0.15, -0.1) is 0 Å². The molecular formula is C21H15N3O2. The number of fused-ring (bicyclic) bond motifs is 1. The normalized spacial score (nSPS) is 11.2. The minimum atomic E-state index is -0.160. The molecule has 1 N–H and O–H groups in total. The number of hydrogen-bond donors (Lipinski definition) is 1. The molecule has 126 valence electrons. The van der Waals surface area contributed by atoms with Gasteiger partial charge in [0.2, 0.25) is 0 Å². The van der Waals surface area contributed by atoms with Gasteiger partial charge in [0, 0.05) is 12.4 Å². The van der Waals surface area contributed by atoms with Crippen LogP contribution in [0, 0.1) is 0 Å². The van der Waals surface area contributed by atoms with Crippen LogP contribution in [0.15, 0.2) is 77.9 Å². The summed E-state index contributed by atoms with van der Waals surface area (Å²) in [6, 6.07) is 17.5. The molecule has 5 heteroatoms. The van der Waals surface area contributed by atoms with Gasteiger partial charge in [-0.1, -0.05) is 18.2 Å². The number of hydrogen-bond acceptors (Lipinski definition) is 4. The summed E-state index contributed by atoms with van der Waals surface area (Å²) >= 11 is 0. The van der Waals surface area contributed by atoms with Gasteiger partial charge in [-0.2, -0.15) is 0 Å². The van der Waals surface area contributed by atoms with E-state index in [0.29, 0.717) is 22.4 Å². The zero-order valence-electron chi connectivity index (χ0n) is 13.8. The molecule has 0 saturated carbocycles. The van der Waals surface area contributed by atoms with Crippen LogP contribution in [0.2, 0.25) is 0 Å². The minimum absolute atomic E-state index is 0.142. The molecule has 2 heterocycles. The quantitative estimate of drug-likeness (QED) is 0.617. The Bertz CT molecular complexity index is 1150. The minimum Gasteiger partial charge on any atom is -0.508 e. The average molecular weight is 341 g/mol. The van der Waals surface area contributed by atoms with Gasteiger partial charge in [-0.05, 0) is 60.2 Å². The molecule has 0 radical (unpaired) electrons. The summed E-state index contributed by atoms with van der Waals surface area (Å²) in [7, 11) is 0. The molecule has 4 rings (SSSR count). The fraction of sp³-hybridized carbons (Fsp3) is 0. The van der Waals surface area contributed by atoms with Gasteiger partial charge in [0.1, 0.15) is 11.6 Å². The first-order chi connectivity index (χ1) is 12.7. The third kappa shape index (κ3) is 2.98. The third-order valence-corrected chi connectivity index (χ3v) is 4.02. The van der Waals surface area contributed by atoms with E-state index in [1.807, 2.05) is 36.4 Å². The second-order valence-corrected chi connectivity index (χ2v) is 5.76. The number of pyridine rings is 1. The Kier molecular flexibility index (Phi) is 4.03. The molecule has 0 aliphatic heterocycles. The standard InChI is InChI=1S/C21H15N3O2/c25-17-10-8-16(9-11-17)24-20(12-7-15-4-3-13-22-14-15)23-19-6-2-1-5-18(19)21(24)26/h1-14,25H. The largest absolute Gasteiger partial charge is 0.508 e. The second-order valence-electron chi connectivity index (χ2n) is 5.76. The van der Waals surface area contributed by atoms with E-state index in [9.17, 15) is 9.90 Å². The van der Waals surface area contributed by atoms with Gasteiger partial charge in [-0.3, -0.25) is 14.3 Å². The smallest absolute Gasteiger partial charge is 0.266 e. The summed E-state index contributed by atoms with van der Waals surface area (Å²) in [4.78, 5) is 21.8. The van der Waals surface area contributed by atoms with Gasteiger partial charge in [0.15, 0.2) is 0 Å². The van der Waals surface area contributed by atoms with E-state index in [1.165, 1.54) is 4.57 Å². The van der Waals surface area contributed by atoms with Crippen molar-refractivity contribution in [1.82, 2.24) is 14.5 Å². The lowest BCUT2D eigenvalue weighted by molar-refractivity contribution is 0.475. The lowest BCUT2D eigenvalue weighted by Crippen LogP contribution is -2.22. The summed E-state index contributed by atoms with van der Waals surface area (Å²) in [6.45, 7) is 0.